The molecular formula is C23H31N3O3S. The average molecular weight is 430 g/mol. The molecule has 2 aromatic rings. The molecule has 1 aromatic carbocycles. The maximum atomic E-state index is 13.2. The predicted molar refractivity (Wildman–Crippen MR) is 117 cm³/mol. The van der Waals surface area contributed by atoms with Crippen LogP contribution in [0.5, 0.6) is 0 Å². The number of carbonyl (C=O) groups excluding carboxylic acids is 1. The van der Waals surface area contributed by atoms with E-state index in [1.165, 1.54) is 18.9 Å². The molecule has 1 aliphatic heterocycles. The number of hydrogen-bond donors (Lipinski definition) is 1. The van der Waals surface area contributed by atoms with Gasteiger partial charge in [0.05, 0.1) is 6.04 Å². The second-order valence-corrected chi connectivity index (χ2v) is 10.5. The molecule has 0 spiro atoms. The van der Waals surface area contributed by atoms with Gasteiger partial charge >= 0.3 is 0 Å². The van der Waals surface area contributed by atoms with Crippen molar-refractivity contribution in [1.29, 1.82) is 0 Å². The number of nitrogens with zero attached hydrogens (tertiary/aromatic N) is 2. The molecule has 1 atom stereocenters. The Morgan fingerprint density at radius 1 is 1.03 bits per heavy atom. The lowest BCUT2D eigenvalue weighted by atomic mass is 9.91. The van der Waals surface area contributed by atoms with Crippen LogP contribution in [0.2, 0.25) is 0 Å². The fourth-order valence-corrected chi connectivity index (χ4v) is 6.38. The minimum absolute atomic E-state index is 0.0572. The summed E-state index contributed by atoms with van der Waals surface area (Å²) < 4.78 is 29.2. The second-order valence-electron chi connectivity index (χ2n) is 8.54. The van der Waals surface area contributed by atoms with Crippen molar-refractivity contribution >= 4 is 15.9 Å². The van der Waals surface area contributed by atoms with Gasteiger partial charge in [-0.05, 0) is 43.2 Å². The SMILES string of the molecule is Cn1cc(S(=O)(=O)N2CCCCC2)cc1C(=O)NC(c1ccccc1)C1CCCC1. The topological polar surface area (TPSA) is 71.4 Å². The molecule has 162 valence electrons. The molecule has 4 rings (SSSR count). The zero-order chi connectivity index (χ0) is 21.1. The Hall–Kier alpha value is -2.12. The van der Waals surface area contributed by atoms with Crippen molar-refractivity contribution < 1.29 is 13.2 Å². The summed E-state index contributed by atoms with van der Waals surface area (Å²) in [6.07, 6.45) is 8.98. The Morgan fingerprint density at radius 3 is 2.37 bits per heavy atom. The normalized spacial score (nSPS) is 19.6. The molecule has 0 bridgehead atoms. The number of sulfonamides is 1. The van der Waals surface area contributed by atoms with Gasteiger partial charge in [-0.15, -0.1) is 0 Å². The number of piperidine rings is 1. The van der Waals surface area contributed by atoms with Crippen molar-refractivity contribution in [1.82, 2.24) is 14.2 Å². The highest BCUT2D eigenvalue weighted by atomic mass is 32.2. The molecule has 1 N–H and O–H groups in total. The summed E-state index contributed by atoms with van der Waals surface area (Å²) in [5.41, 5.74) is 1.48. The van der Waals surface area contributed by atoms with Crippen LogP contribution in [0.15, 0.2) is 47.5 Å². The fraction of sp³-hybridized carbons (Fsp3) is 0.522. The van der Waals surface area contributed by atoms with Crippen LogP contribution >= 0.6 is 0 Å². The quantitative estimate of drug-likeness (QED) is 0.758. The first-order valence-electron chi connectivity index (χ1n) is 11.0. The third kappa shape index (κ3) is 4.32. The summed E-state index contributed by atoms with van der Waals surface area (Å²) in [5.74, 6) is 0.187. The zero-order valence-electron chi connectivity index (χ0n) is 17.6. The first-order valence-corrected chi connectivity index (χ1v) is 12.4. The molecule has 2 aliphatic rings. The molecule has 1 saturated carbocycles. The summed E-state index contributed by atoms with van der Waals surface area (Å²) in [4.78, 5) is 13.4. The van der Waals surface area contributed by atoms with E-state index < -0.39 is 10.0 Å². The van der Waals surface area contributed by atoms with Crippen molar-refractivity contribution in [3.8, 4) is 0 Å². The van der Waals surface area contributed by atoms with E-state index in [4.69, 9.17) is 0 Å². The highest BCUT2D eigenvalue weighted by Crippen LogP contribution is 2.36. The van der Waals surface area contributed by atoms with E-state index >= 15 is 0 Å². The van der Waals surface area contributed by atoms with Crippen LogP contribution in [0.25, 0.3) is 0 Å². The lowest BCUT2D eigenvalue weighted by Gasteiger charge is -2.25. The third-order valence-corrected chi connectivity index (χ3v) is 8.35. The number of aryl methyl sites for hydroxylation is 1. The number of carbonyl (C=O) groups is 1. The van der Waals surface area contributed by atoms with Gasteiger partial charge in [0.15, 0.2) is 0 Å². The van der Waals surface area contributed by atoms with E-state index in [-0.39, 0.29) is 16.8 Å². The third-order valence-electron chi connectivity index (χ3n) is 6.48. The monoisotopic (exact) mass is 429 g/mol. The number of amides is 1. The van der Waals surface area contributed by atoms with Crippen molar-refractivity contribution in [3.63, 3.8) is 0 Å². The van der Waals surface area contributed by atoms with Gasteiger partial charge in [0.1, 0.15) is 10.6 Å². The van der Waals surface area contributed by atoms with Crippen molar-refractivity contribution in [2.45, 2.75) is 55.9 Å². The van der Waals surface area contributed by atoms with Gasteiger partial charge in [0, 0.05) is 26.3 Å². The van der Waals surface area contributed by atoms with E-state index in [9.17, 15) is 13.2 Å². The fourth-order valence-electron chi connectivity index (χ4n) is 4.79. The number of rotatable bonds is 6. The summed E-state index contributed by atoms with van der Waals surface area (Å²) >= 11 is 0. The van der Waals surface area contributed by atoms with E-state index in [1.807, 2.05) is 18.2 Å². The molecule has 1 aliphatic carbocycles. The maximum Gasteiger partial charge on any atom is 0.268 e. The summed E-state index contributed by atoms with van der Waals surface area (Å²) in [5, 5.41) is 3.21. The first kappa shape index (κ1) is 21.1. The predicted octanol–water partition coefficient (Wildman–Crippen LogP) is 3.86. The standard InChI is InChI=1S/C23H31N3O3S/c1-25-17-20(30(28,29)26-14-8-3-9-15-26)16-21(25)23(27)24-22(19-12-6-7-13-19)18-10-4-2-5-11-18/h2,4-5,10-11,16-17,19,22H,3,6-9,12-15H2,1H3,(H,24,27). The summed E-state index contributed by atoms with van der Waals surface area (Å²) in [6.45, 7) is 1.10. The van der Waals surface area contributed by atoms with Gasteiger partial charge in [-0.3, -0.25) is 4.79 Å². The van der Waals surface area contributed by atoms with E-state index in [2.05, 4.69) is 17.4 Å². The van der Waals surface area contributed by atoms with Gasteiger partial charge in [-0.2, -0.15) is 4.31 Å². The number of hydrogen-bond acceptors (Lipinski definition) is 3. The van der Waals surface area contributed by atoms with Crippen LogP contribution < -0.4 is 5.32 Å². The van der Waals surface area contributed by atoms with Crippen LogP contribution in [-0.4, -0.2) is 36.3 Å². The maximum absolute atomic E-state index is 13.2. The molecule has 30 heavy (non-hydrogen) atoms. The highest BCUT2D eigenvalue weighted by Gasteiger charge is 2.31. The molecule has 2 fully saturated rings. The molecule has 0 radical (unpaired) electrons. The van der Waals surface area contributed by atoms with E-state index in [0.29, 0.717) is 24.7 Å². The molecular weight excluding hydrogens is 398 g/mol. The lowest BCUT2D eigenvalue weighted by Crippen LogP contribution is -2.35. The molecule has 2 heterocycles. The lowest BCUT2D eigenvalue weighted by molar-refractivity contribution is 0.0913. The van der Waals surface area contributed by atoms with Gasteiger partial charge in [0.25, 0.3) is 5.91 Å². The zero-order valence-corrected chi connectivity index (χ0v) is 18.4. The van der Waals surface area contributed by atoms with Gasteiger partial charge in [0.2, 0.25) is 10.0 Å². The molecule has 1 unspecified atom stereocenters. The smallest absolute Gasteiger partial charge is 0.268 e. The molecule has 7 heteroatoms. The Balaban J connectivity index is 1.57. The van der Waals surface area contributed by atoms with E-state index in [0.717, 1.165) is 37.7 Å². The van der Waals surface area contributed by atoms with Crippen molar-refractivity contribution in [2.75, 3.05) is 13.1 Å². The van der Waals surface area contributed by atoms with Crippen LogP contribution in [0.4, 0.5) is 0 Å². The van der Waals surface area contributed by atoms with Crippen LogP contribution in [0.3, 0.4) is 0 Å². The molecule has 1 saturated heterocycles. The largest absolute Gasteiger partial charge is 0.345 e. The second kappa shape index (κ2) is 8.94. The number of aromatic nitrogens is 1. The Kier molecular flexibility index (Phi) is 6.29. The van der Waals surface area contributed by atoms with Gasteiger partial charge < -0.3 is 9.88 Å². The minimum atomic E-state index is -3.56. The minimum Gasteiger partial charge on any atom is -0.345 e. The molecule has 1 aromatic heterocycles. The van der Waals surface area contributed by atoms with Crippen LogP contribution in [0.1, 0.15) is 67.0 Å². The van der Waals surface area contributed by atoms with Crippen molar-refractivity contribution in [2.24, 2.45) is 13.0 Å². The number of nitrogens with one attached hydrogen (secondary N) is 1. The summed E-state index contributed by atoms with van der Waals surface area (Å²) in [7, 11) is -1.83. The first-order chi connectivity index (χ1) is 14.5. The molecule has 1 amide bonds. The Bertz CT molecular complexity index is 972. The number of benzene rings is 1. The van der Waals surface area contributed by atoms with Crippen molar-refractivity contribution in [3.05, 3.63) is 53.9 Å². The average Bonchev–Trinajstić information content (AvgIpc) is 3.43. The van der Waals surface area contributed by atoms with Crippen LogP contribution in [-0.2, 0) is 17.1 Å². The Morgan fingerprint density at radius 2 is 1.70 bits per heavy atom. The van der Waals surface area contributed by atoms with Gasteiger partial charge in [-0.25, -0.2) is 8.42 Å². The molecule has 6 nitrogen and oxygen atoms in total. The highest BCUT2D eigenvalue weighted by molar-refractivity contribution is 7.89. The summed E-state index contributed by atoms with van der Waals surface area (Å²) in [6, 6.07) is 11.5. The van der Waals surface area contributed by atoms with E-state index in [1.54, 1.807) is 22.1 Å². The van der Waals surface area contributed by atoms with Crippen LogP contribution in [0, 0.1) is 5.92 Å². The van der Waals surface area contributed by atoms with Gasteiger partial charge in [-0.1, -0.05) is 49.6 Å². The Labute approximate surface area is 179 Å².